The summed E-state index contributed by atoms with van der Waals surface area (Å²) in [5.74, 6) is 0.781. The number of aromatic nitrogens is 1. The Hall–Kier alpha value is -2.54. The van der Waals surface area contributed by atoms with E-state index in [-0.39, 0.29) is 11.6 Å². The molecule has 208 valence electrons. The second kappa shape index (κ2) is 11.9. The predicted molar refractivity (Wildman–Crippen MR) is 190 cm³/mol. The second-order valence-corrected chi connectivity index (χ2v) is 14.6. The van der Waals surface area contributed by atoms with Gasteiger partial charge >= 0.3 is 0 Å². The van der Waals surface area contributed by atoms with Crippen LogP contribution in [-0.2, 0) is 13.0 Å². The van der Waals surface area contributed by atoms with Crippen LogP contribution in [0.2, 0.25) is 0 Å². The van der Waals surface area contributed by atoms with Crippen LogP contribution in [0.1, 0.15) is 40.3 Å². The molecule has 1 aliphatic carbocycles. The quantitative estimate of drug-likeness (QED) is 0.169. The standard InChI is InChI=1S/C34H23BrI2N2O2S/c35-24-13-10-22(11-14-24)31-27-15-12-21-8-4-5-9-26(21)30(27)38-34-39(31)33(40)29(42-34)17-23-16-25(36)18-28(37)32(23)41-19-20-6-2-1-3-7-20/h1-11,13-14,16-18,31H,12,15,19H2/b29-17+/t31-/m1/s1. The van der Waals surface area contributed by atoms with Crippen LogP contribution in [0.15, 0.2) is 111 Å². The Bertz CT molecular complexity index is 2050. The zero-order chi connectivity index (χ0) is 28.8. The summed E-state index contributed by atoms with van der Waals surface area (Å²) in [7, 11) is 0. The van der Waals surface area contributed by atoms with Gasteiger partial charge in [-0.05, 0) is 111 Å². The van der Waals surface area contributed by atoms with Crippen molar-refractivity contribution in [1.82, 2.24) is 4.57 Å². The molecule has 0 amide bonds. The molecule has 2 heterocycles. The van der Waals surface area contributed by atoms with Crippen molar-refractivity contribution in [1.29, 1.82) is 0 Å². The summed E-state index contributed by atoms with van der Waals surface area (Å²) in [6, 6.07) is 30.9. The Kier molecular flexibility index (Phi) is 7.97. The van der Waals surface area contributed by atoms with Crippen molar-refractivity contribution in [2.24, 2.45) is 4.99 Å². The molecule has 5 aromatic rings. The van der Waals surface area contributed by atoms with Gasteiger partial charge in [0.25, 0.3) is 5.56 Å². The molecule has 0 saturated heterocycles. The molecule has 1 aliphatic heterocycles. The third kappa shape index (κ3) is 5.35. The number of halogens is 3. The number of thiazole rings is 1. The Morgan fingerprint density at radius 1 is 0.976 bits per heavy atom. The maximum Gasteiger partial charge on any atom is 0.271 e. The maximum atomic E-state index is 14.3. The van der Waals surface area contributed by atoms with E-state index in [1.807, 2.05) is 41.0 Å². The summed E-state index contributed by atoms with van der Waals surface area (Å²) in [5.41, 5.74) is 7.73. The zero-order valence-electron chi connectivity index (χ0n) is 22.2. The first kappa shape index (κ1) is 28.2. The van der Waals surface area contributed by atoms with E-state index < -0.39 is 0 Å². The van der Waals surface area contributed by atoms with Crippen molar-refractivity contribution in [3.05, 3.63) is 156 Å². The van der Waals surface area contributed by atoms with Crippen LogP contribution in [-0.4, -0.2) is 4.57 Å². The fourth-order valence-electron chi connectivity index (χ4n) is 5.68. The highest BCUT2D eigenvalue weighted by Gasteiger charge is 2.32. The molecule has 1 aromatic heterocycles. The number of ether oxygens (including phenoxy) is 1. The SMILES string of the molecule is O=c1/c(=C\c2cc(I)cc(I)c2OCc2ccccc2)sc2n1[C@H](c1ccc(Br)cc1)C1=C(N=2)c2ccccc2CC1. The van der Waals surface area contributed by atoms with E-state index in [2.05, 4.69) is 122 Å². The lowest BCUT2D eigenvalue weighted by Gasteiger charge is -2.30. The van der Waals surface area contributed by atoms with Crippen molar-refractivity contribution in [3.63, 3.8) is 0 Å². The largest absolute Gasteiger partial charge is 0.487 e. The average Bonchev–Trinajstić information content (AvgIpc) is 3.30. The van der Waals surface area contributed by atoms with Gasteiger partial charge < -0.3 is 4.74 Å². The smallest absolute Gasteiger partial charge is 0.271 e. The molecule has 0 unspecified atom stereocenters. The molecule has 0 fully saturated rings. The van der Waals surface area contributed by atoms with E-state index in [0.717, 1.165) is 57.4 Å². The summed E-state index contributed by atoms with van der Waals surface area (Å²) in [6.45, 7) is 0.454. The van der Waals surface area contributed by atoms with E-state index in [9.17, 15) is 4.79 Å². The summed E-state index contributed by atoms with van der Waals surface area (Å²) in [5, 5.41) is 0. The molecular formula is C34H23BrI2N2O2S. The zero-order valence-corrected chi connectivity index (χ0v) is 28.9. The molecule has 8 heteroatoms. The van der Waals surface area contributed by atoms with Crippen LogP contribution in [0.3, 0.4) is 0 Å². The van der Waals surface area contributed by atoms with Crippen LogP contribution in [0.4, 0.5) is 0 Å². The van der Waals surface area contributed by atoms with Gasteiger partial charge in [0.1, 0.15) is 12.4 Å². The van der Waals surface area contributed by atoms with Crippen molar-refractivity contribution in [2.75, 3.05) is 0 Å². The topological polar surface area (TPSA) is 43.6 Å². The second-order valence-electron chi connectivity index (χ2n) is 10.2. The number of benzene rings is 4. The lowest BCUT2D eigenvalue weighted by atomic mass is 9.83. The van der Waals surface area contributed by atoms with Gasteiger partial charge in [0, 0.05) is 19.2 Å². The Morgan fingerprint density at radius 3 is 2.55 bits per heavy atom. The number of allylic oxidation sites excluding steroid dienone is 1. The minimum absolute atomic E-state index is 0.0278. The van der Waals surface area contributed by atoms with Crippen LogP contribution in [0.25, 0.3) is 11.8 Å². The van der Waals surface area contributed by atoms with E-state index in [0.29, 0.717) is 11.1 Å². The summed E-state index contributed by atoms with van der Waals surface area (Å²) < 4.78 is 12.0. The fourth-order valence-corrected chi connectivity index (χ4v) is 8.98. The Labute approximate surface area is 282 Å². The predicted octanol–water partition coefficient (Wildman–Crippen LogP) is 7.87. The molecular weight excluding hydrogens is 834 g/mol. The van der Waals surface area contributed by atoms with Gasteiger partial charge in [0.2, 0.25) is 0 Å². The monoisotopic (exact) mass is 856 g/mol. The van der Waals surface area contributed by atoms with Gasteiger partial charge in [-0.15, -0.1) is 0 Å². The van der Waals surface area contributed by atoms with Gasteiger partial charge in [0.05, 0.1) is 19.8 Å². The normalized spacial score (nSPS) is 16.0. The molecule has 7 rings (SSSR count). The molecule has 42 heavy (non-hydrogen) atoms. The summed E-state index contributed by atoms with van der Waals surface area (Å²) >= 11 is 9.67. The van der Waals surface area contributed by atoms with E-state index in [1.165, 1.54) is 28.0 Å². The molecule has 2 aliphatic rings. The number of rotatable bonds is 5. The first-order valence-electron chi connectivity index (χ1n) is 13.5. The summed E-state index contributed by atoms with van der Waals surface area (Å²) in [4.78, 5) is 20.1. The van der Waals surface area contributed by atoms with Crippen LogP contribution in [0, 0.1) is 7.14 Å². The first-order valence-corrected chi connectivity index (χ1v) is 17.3. The van der Waals surface area contributed by atoms with Crippen LogP contribution < -0.4 is 19.6 Å². The van der Waals surface area contributed by atoms with Crippen LogP contribution in [0.5, 0.6) is 5.75 Å². The lowest BCUT2D eigenvalue weighted by molar-refractivity contribution is 0.303. The third-order valence-corrected chi connectivity index (χ3v) is 10.5. The van der Waals surface area contributed by atoms with Crippen molar-refractivity contribution in [3.8, 4) is 5.75 Å². The van der Waals surface area contributed by atoms with Gasteiger partial charge in [-0.3, -0.25) is 9.36 Å². The molecule has 1 atom stereocenters. The molecule has 4 nitrogen and oxygen atoms in total. The number of aryl methyl sites for hydroxylation is 1. The first-order chi connectivity index (χ1) is 20.5. The fraction of sp³-hybridized carbons (Fsp3) is 0.118. The van der Waals surface area contributed by atoms with Crippen molar-refractivity contribution >= 4 is 84.2 Å². The number of fused-ring (bicyclic) bond motifs is 3. The summed E-state index contributed by atoms with van der Waals surface area (Å²) in [6.07, 6.45) is 3.78. The highest BCUT2D eigenvalue weighted by atomic mass is 127. The van der Waals surface area contributed by atoms with Crippen LogP contribution >= 0.6 is 72.4 Å². The minimum Gasteiger partial charge on any atom is -0.487 e. The third-order valence-electron chi connectivity index (χ3n) is 7.61. The molecule has 0 spiro atoms. The van der Waals surface area contributed by atoms with E-state index >= 15 is 0 Å². The molecule has 0 radical (unpaired) electrons. The van der Waals surface area contributed by atoms with Gasteiger partial charge in [-0.25, -0.2) is 4.99 Å². The van der Waals surface area contributed by atoms with Crippen molar-refractivity contribution in [2.45, 2.75) is 25.5 Å². The minimum atomic E-state index is -0.204. The molecule has 0 saturated carbocycles. The van der Waals surface area contributed by atoms with E-state index in [1.54, 1.807) is 0 Å². The average molecular weight is 857 g/mol. The molecule has 0 bridgehead atoms. The highest BCUT2D eigenvalue weighted by molar-refractivity contribution is 14.1. The highest BCUT2D eigenvalue weighted by Crippen LogP contribution is 2.41. The maximum absolute atomic E-state index is 14.3. The van der Waals surface area contributed by atoms with Gasteiger partial charge in [-0.2, -0.15) is 0 Å². The number of nitrogens with zero attached hydrogens (tertiary/aromatic N) is 2. The van der Waals surface area contributed by atoms with Gasteiger partial charge in [-0.1, -0.05) is 94.0 Å². The lowest BCUT2D eigenvalue weighted by Crippen LogP contribution is -2.38. The van der Waals surface area contributed by atoms with Gasteiger partial charge in [0.15, 0.2) is 4.80 Å². The molecule has 4 aromatic carbocycles. The Balaban J connectivity index is 1.40. The van der Waals surface area contributed by atoms with E-state index in [4.69, 9.17) is 9.73 Å². The number of hydrogen-bond donors (Lipinski definition) is 0. The molecule has 0 N–H and O–H groups in total. The number of hydrogen-bond acceptors (Lipinski definition) is 4. The Morgan fingerprint density at radius 2 is 1.74 bits per heavy atom. The van der Waals surface area contributed by atoms with Crippen molar-refractivity contribution < 1.29 is 4.74 Å².